The Morgan fingerprint density at radius 1 is 0.929 bits per heavy atom. The molecule has 2 aromatic carbocycles. The van der Waals surface area contributed by atoms with Gasteiger partial charge in [0.05, 0.1) is 20.8 Å². The van der Waals surface area contributed by atoms with E-state index >= 15 is 0 Å². The minimum Gasteiger partial charge on any atom is -0.493 e. The Balaban J connectivity index is 1.63. The zero-order chi connectivity index (χ0) is 20.4. The fourth-order valence-electron chi connectivity index (χ4n) is 2.70. The number of hydrogen-bond acceptors (Lipinski definition) is 4. The zero-order valence-electron chi connectivity index (χ0n) is 17.1. The highest BCUT2D eigenvalue weighted by atomic mass is 16.5. The molecule has 6 heteroatoms. The van der Waals surface area contributed by atoms with Crippen LogP contribution in [0.4, 0.5) is 4.79 Å². The molecular formula is C22H30N2O4. The third-order valence-electron chi connectivity index (χ3n) is 4.35. The molecule has 152 valence electrons. The van der Waals surface area contributed by atoms with Gasteiger partial charge in [0.25, 0.3) is 0 Å². The number of benzene rings is 2. The second-order valence-corrected chi connectivity index (χ2v) is 6.69. The fourth-order valence-corrected chi connectivity index (χ4v) is 2.70. The maximum atomic E-state index is 11.9. The van der Waals surface area contributed by atoms with Crippen LogP contribution in [0.3, 0.4) is 0 Å². The first-order valence-corrected chi connectivity index (χ1v) is 9.49. The predicted molar refractivity (Wildman–Crippen MR) is 111 cm³/mol. The molecule has 0 radical (unpaired) electrons. The molecule has 2 N–H and O–H groups in total. The molecule has 0 saturated heterocycles. The predicted octanol–water partition coefficient (Wildman–Crippen LogP) is 3.75. The summed E-state index contributed by atoms with van der Waals surface area (Å²) in [4.78, 5) is 11.9. The summed E-state index contributed by atoms with van der Waals surface area (Å²) in [6.45, 7) is 5.70. The molecule has 2 rings (SSSR count). The van der Waals surface area contributed by atoms with Crippen LogP contribution in [-0.4, -0.2) is 39.9 Å². The van der Waals surface area contributed by atoms with Crippen molar-refractivity contribution in [3.05, 3.63) is 53.6 Å². The summed E-state index contributed by atoms with van der Waals surface area (Å²) in [7, 11) is 3.21. The molecule has 0 saturated carbocycles. The first-order chi connectivity index (χ1) is 13.5. The van der Waals surface area contributed by atoms with Crippen molar-refractivity contribution in [3.8, 4) is 17.2 Å². The number of carbonyl (C=O) groups excluding carboxylic acids is 1. The molecule has 6 nitrogen and oxygen atoms in total. The lowest BCUT2D eigenvalue weighted by Gasteiger charge is -2.11. The quantitative estimate of drug-likeness (QED) is 0.610. The van der Waals surface area contributed by atoms with Crippen molar-refractivity contribution in [1.29, 1.82) is 0 Å². The van der Waals surface area contributed by atoms with Gasteiger partial charge in [0.2, 0.25) is 0 Å². The van der Waals surface area contributed by atoms with Gasteiger partial charge in [0, 0.05) is 6.54 Å². The lowest BCUT2D eigenvalue weighted by Crippen LogP contribution is -2.38. The molecule has 0 atom stereocenters. The molecule has 2 aromatic rings. The van der Waals surface area contributed by atoms with Crippen LogP contribution in [0.2, 0.25) is 0 Å². The molecule has 2 amide bonds. The Kier molecular flexibility index (Phi) is 8.46. The lowest BCUT2D eigenvalue weighted by atomic mass is 10.0. The van der Waals surface area contributed by atoms with Crippen LogP contribution in [0.5, 0.6) is 17.2 Å². The number of hydrogen-bond donors (Lipinski definition) is 2. The van der Waals surface area contributed by atoms with Gasteiger partial charge in [0.15, 0.2) is 11.5 Å². The summed E-state index contributed by atoms with van der Waals surface area (Å²) >= 11 is 0. The SMILES string of the molecule is COc1ccc(CCNC(=O)NCCOc2ccc(C(C)C)cc2)cc1OC. The van der Waals surface area contributed by atoms with Gasteiger partial charge in [-0.1, -0.05) is 32.0 Å². The fraction of sp³-hybridized carbons (Fsp3) is 0.409. The third-order valence-corrected chi connectivity index (χ3v) is 4.35. The van der Waals surface area contributed by atoms with Gasteiger partial charge in [-0.2, -0.15) is 0 Å². The Morgan fingerprint density at radius 3 is 2.25 bits per heavy atom. The second kappa shape index (κ2) is 11.1. The van der Waals surface area contributed by atoms with Crippen molar-refractivity contribution in [1.82, 2.24) is 10.6 Å². The standard InChI is InChI=1S/C22H30N2O4/c1-16(2)18-6-8-19(9-7-18)28-14-13-24-22(25)23-12-11-17-5-10-20(26-3)21(15-17)27-4/h5-10,15-16H,11-14H2,1-4H3,(H2,23,24,25). The van der Waals surface area contributed by atoms with Gasteiger partial charge in [-0.05, 0) is 47.7 Å². The van der Waals surface area contributed by atoms with Crippen molar-refractivity contribution < 1.29 is 19.0 Å². The van der Waals surface area contributed by atoms with E-state index in [1.54, 1.807) is 14.2 Å². The molecule has 0 fully saturated rings. The lowest BCUT2D eigenvalue weighted by molar-refractivity contribution is 0.236. The molecule has 0 aliphatic rings. The molecular weight excluding hydrogens is 356 g/mol. The summed E-state index contributed by atoms with van der Waals surface area (Å²) in [5.74, 6) is 2.68. The van der Waals surface area contributed by atoms with E-state index in [9.17, 15) is 4.79 Å². The van der Waals surface area contributed by atoms with Crippen LogP contribution >= 0.6 is 0 Å². The van der Waals surface area contributed by atoms with Crippen molar-refractivity contribution >= 4 is 6.03 Å². The molecule has 0 unspecified atom stereocenters. The summed E-state index contributed by atoms with van der Waals surface area (Å²) in [6, 6.07) is 13.6. The highest BCUT2D eigenvalue weighted by Crippen LogP contribution is 2.27. The minimum absolute atomic E-state index is 0.209. The Bertz CT molecular complexity index is 745. The van der Waals surface area contributed by atoms with Gasteiger partial charge in [-0.25, -0.2) is 4.79 Å². The Hall–Kier alpha value is -2.89. The van der Waals surface area contributed by atoms with E-state index in [1.807, 2.05) is 30.3 Å². The van der Waals surface area contributed by atoms with Gasteiger partial charge < -0.3 is 24.8 Å². The largest absolute Gasteiger partial charge is 0.493 e. The summed E-state index contributed by atoms with van der Waals surface area (Å²) in [5, 5.41) is 5.63. The average Bonchev–Trinajstić information content (AvgIpc) is 2.71. The first-order valence-electron chi connectivity index (χ1n) is 9.49. The van der Waals surface area contributed by atoms with E-state index in [0.717, 1.165) is 11.3 Å². The van der Waals surface area contributed by atoms with Crippen LogP contribution in [0.25, 0.3) is 0 Å². The van der Waals surface area contributed by atoms with E-state index in [2.05, 4.69) is 36.6 Å². The van der Waals surface area contributed by atoms with E-state index in [-0.39, 0.29) is 6.03 Å². The monoisotopic (exact) mass is 386 g/mol. The second-order valence-electron chi connectivity index (χ2n) is 6.69. The molecule has 28 heavy (non-hydrogen) atoms. The van der Waals surface area contributed by atoms with E-state index in [0.29, 0.717) is 43.5 Å². The normalized spacial score (nSPS) is 10.5. The topological polar surface area (TPSA) is 68.8 Å². The number of urea groups is 1. The van der Waals surface area contributed by atoms with Crippen molar-refractivity contribution in [3.63, 3.8) is 0 Å². The van der Waals surface area contributed by atoms with Crippen LogP contribution in [0.15, 0.2) is 42.5 Å². The molecule has 0 aliphatic heterocycles. The maximum absolute atomic E-state index is 11.9. The Morgan fingerprint density at radius 2 is 1.61 bits per heavy atom. The highest BCUT2D eigenvalue weighted by Gasteiger charge is 2.05. The molecule has 0 bridgehead atoms. The molecule has 0 aromatic heterocycles. The van der Waals surface area contributed by atoms with E-state index < -0.39 is 0 Å². The minimum atomic E-state index is -0.209. The number of carbonyl (C=O) groups is 1. The van der Waals surface area contributed by atoms with Gasteiger partial charge in [0.1, 0.15) is 12.4 Å². The van der Waals surface area contributed by atoms with Gasteiger partial charge in [-0.3, -0.25) is 0 Å². The van der Waals surface area contributed by atoms with Crippen molar-refractivity contribution in [2.24, 2.45) is 0 Å². The highest BCUT2D eigenvalue weighted by molar-refractivity contribution is 5.73. The van der Waals surface area contributed by atoms with E-state index in [4.69, 9.17) is 14.2 Å². The molecule has 0 heterocycles. The van der Waals surface area contributed by atoms with E-state index in [1.165, 1.54) is 5.56 Å². The van der Waals surface area contributed by atoms with Crippen molar-refractivity contribution in [2.75, 3.05) is 33.9 Å². The zero-order valence-corrected chi connectivity index (χ0v) is 17.1. The summed E-state index contributed by atoms with van der Waals surface area (Å²) < 4.78 is 16.2. The molecule has 0 aliphatic carbocycles. The average molecular weight is 386 g/mol. The van der Waals surface area contributed by atoms with Gasteiger partial charge >= 0.3 is 6.03 Å². The van der Waals surface area contributed by atoms with Gasteiger partial charge in [-0.15, -0.1) is 0 Å². The number of nitrogens with one attached hydrogen (secondary N) is 2. The molecule has 0 spiro atoms. The third kappa shape index (κ3) is 6.68. The first kappa shape index (κ1) is 21.4. The summed E-state index contributed by atoms with van der Waals surface area (Å²) in [6.07, 6.45) is 0.701. The number of amides is 2. The van der Waals surface area contributed by atoms with Crippen LogP contribution in [-0.2, 0) is 6.42 Å². The smallest absolute Gasteiger partial charge is 0.314 e. The number of methoxy groups -OCH3 is 2. The Labute approximate surface area is 167 Å². The van der Waals surface area contributed by atoms with Crippen molar-refractivity contribution in [2.45, 2.75) is 26.2 Å². The number of ether oxygens (including phenoxy) is 3. The summed E-state index contributed by atoms with van der Waals surface area (Å²) in [5.41, 5.74) is 2.34. The van der Waals surface area contributed by atoms with Crippen LogP contribution < -0.4 is 24.8 Å². The van der Waals surface area contributed by atoms with Crippen LogP contribution in [0, 0.1) is 0 Å². The maximum Gasteiger partial charge on any atom is 0.314 e. The number of rotatable bonds is 10. The van der Waals surface area contributed by atoms with Crippen LogP contribution in [0.1, 0.15) is 30.9 Å².